The number of hydrogen-bond donors (Lipinski definition) is 0. The van der Waals surface area contributed by atoms with Crippen molar-refractivity contribution < 1.29 is 18.0 Å². The molecule has 2 rings (SSSR count). The highest BCUT2D eigenvalue weighted by atomic mass is 79.9. The minimum absolute atomic E-state index is 0.177. The van der Waals surface area contributed by atoms with Crippen molar-refractivity contribution in [2.24, 2.45) is 0 Å². The summed E-state index contributed by atoms with van der Waals surface area (Å²) in [5, 5.41) is 0.364. The van der Waals surface area contributed by atoms with Crippen LogP contribution in [0.15, 0.2) is 46.9 Å². The van der Waals surface area contributed by atoms with Gasteiger partial charge in [-0.25, -0.2) is 0 Å². The van der Waals surface area contributed by atoms with Gasteiger partial charge in [0.1, 0.15) is 0 Å². The van der Waals surface area contributed by atoms with Gasteiger partial charge in [-0.2, -0.15) is 13.2 Å². The zero-order chi connectivity index (χ0) is 14.9. The second-order valence-electron chi connectivity index (χ2n) is 4.03. The minimum Gasteiger partial charge on any atom is -0.289 e. The maximum Gasteiger partial charge on any atom is 0.416 e. The van der Waals surface area contributed by atoms with Crippen LogP contribution in [0.1, 0.15) is 21.5 Å². The summed E-state index contributed by atoms with van der Waals surface area (Å²) in [7, 11) is 0. The monoisotopic (exact) mass is 362 g/mol. The fourth-order valence-electron chi connectivity index (χ4n) is 1.61. The molecule has 0 atom stereocenters. The number of halogens is 5. The van der Waals surface area contributed by atoms with Crippen LogP contribution in [0.4, 0.5) is 13.2 Å². The molecule has 0 amide bonds. The van der Waals surface area contributed by atoms with Crippen molar-refractivity contribution in [1.82, 2.24) is 0 Å². The lowest BCUT2D eigenvalue weighted by molar-refractivity contribution is -0.137. The zero-order valence-electron chi connectivity index (χ0n) is 9.84. The minimum atomic E-state index is -4.41. The van der Waals surface area contributed by atoms with Gasteiger partial charge in [-0.3, -0.25) is 4.79 Å². The van der Waals surface area contributed by atoms with Crippen LogP contribution in [0.2, 0.25) is 5.02 Å². The van der Waals surface area contributed by atoms with Crippen molar-refractivity contribution >= 4 is 33.3 Å². The van der Waals surface area contributed by atoms with Crippen LogP contribution in [-0.2, 0) is 6.18 Å². The van der Waals surface area contributed by atoms with E-state index in [-0.39, 0.29) is 11.3 Å². The van der Waals surface area contributed by atoms with E-state index in [0.29, 0.717) is 15.1 Å². The molecule has 0 aliphatic carbocycles. The molecular formula is C14H7BrClF3O. The fraction of sp³-hybridized carbons (Fsp3) is 0.0714. The summed E-state index contributed by atoms with van der Waals surface area (Å²) in [5.74, 6) is -0.381. The molecule has 2 aromatic rings. The Kier molecular flexibility index (Phi) is 4.20. The Morgan fingerprint density at radius 2 is 1.55 bits per heavy atom. The van der Waals surface area contributed by atoms with Crippen LogP contribution in [-0.4, -0.2) is 5.78 Å². The van der Waals surface area contributed by atoms with E-state index in [9.17, 15) is 18.0 Å². The van der Waals surface area contributed by atoms with Gasteiger partial charge < -0.3 is 0 Å². The Labute approximate surface area is 126 Å². The van der Waals surface area contributed by atoms with Gasteiger partial charge in [0.2, 0.25) is 0 Å². The first-order chi connectivity index (χ1) is 9.29. The number of benzene rings is 2. The van der Waals surface area contributed by atoms with E-state index >= 15 is 0 Å². The molecule has 0 saturated carbocycles. The molecule has 0 bridgehead atoms. The van der Waals surface area contributed by atoms with E-state index < -0.39 is 11.7 Å². The molecule has 0 radical (unpaired) electrons. The standard InChI is InChI=1S/C14H7BrClF3O/c15-11-6-3-9(7-12(11)16)13(20)8-1-4-10(5-2-8)14(17,18)19/h1-7H. The highest BCUT2D eigenvalue weighted by Crippen LogP contribution is 2.30. The Balaban J connectivity index is 2.31. The van der Waals surface area contributed by atoms with E-state index in [0.717, 1.165) is 24.3 Å². The molecule has 0 unspecified atom stereocenters. The average Bonchev–Trinajstić information content (AvgIpc) is 2.40. The van der Waals surface area contributed by atoms with E-state index in [1.165, 1.54) is 6.07 Å². The average molecular weight is 364 g/mol. The SMILES string of the molecule is O=C(c1ccc(C(F)(F)F)cc1)c1ccc(Br)c(Cl)c1. The maximum atomic E-state index is 12.4. The molecule has 0 aliphatic rings. The molecule has 2 aromatic carbocycles. The predicted octanol–water partition coefficient (Wildman–Crippen LogP) is 5.35. The smallest absolute Gasteiger partial charge is 0.289 e. The van der Waals surface area contributed by atoms with E-state index in [2.05, 4.69) is 15.9 Å². The van der Waals surface area contributed by atoms with Crippen LogP contribution in [0.5, 0.6) is 0 Å². The van der Waals surface area contributed by atoms with Gasteiger partial charge in [-0.15, -0.1) is 0 Å². The molecule has 0 heterocycles. The zero-order valence-corrected chi connectivity index (χ0v) is 12.2. The van der Waals surface area contributed by atoms with Crippen LogP contribution in [0.3, 0.4) is 0 Å². The third kappa shape index (κ3) is 3.22. The number of hydrogen-bond acceptors (Lipinski definition) is 1. The molecule has 0 aliphatic heterocycles. The van der Waals surface area contributed by atoms with E-state index in [4.69, 9.17) is 11.6 Å². The number of carbonyl (C=O) groups excluding carboxylic acids is 1. The van der Waals surface area contributed by atoms with Gasteiger partial charge in [0.15, 0.2) is 5.78 Å². The van der Waals surface area contributed by atoms with Gasteiger partial charge in [0.05, 0.1) is 10.6 Å². The summed E-state index contributed by atoms with van der Waals surface area (Å²) in [6.07, 6.45) is -4.41. The number of alkyl halides is 3. The van der Waals surface area contributed by atoms with Crippen LogP contribution < -0.4 is 0 Å². The summed E-state index contributed by atoms with van der Waals surface area (Å²) in [4.78, 5) is 12.1. The van der Waals surface area contributed by atoms with Crippen molar-refractivity contribution in [3.8, 4) is 0 Å². The summed E-state index contributed by atoms with van der Waals surface area (Å²) in [5.41, 5.74) is -0.294. The number of ketones is 1. The first kappa shape index (κ1) is 15.1. The third-order valence-corrected chi connectivity index (χ3v) is 3.89. The largest absolute Gasteiger partial charge is 0.416 e. The lowest BCUT2D eigenvalue weighted by Crippen LogP contribution is -2.06. The molecule has 20 heavy (non-hydrogen) atoms. The van der Waals surface area contributed by atoms with Gasteiger partial charge in [-0.1, -0.05) is 23.7 Å². The summed E-state index contributed by atoms with van der Waals surface area (Å²) in [6.45, 7) is 0. The second kappa shape index (κ2) is 5.58. The molecule has 104 valence electrons. The number of rotatable bonds is 2. The number of carbonyl (C=O) groups is 1. The molecule has 6 heteroatoms. The third-order valence-electron chi connectivity index (χ3n) is 2.66. The van der Waals surface area contributed by atoms with Gasteiger partial charge in [0.25, 0.3) is 0 Å². The fourth-order valence-corrected chi connectivity index (χ4v) is 2.04. The highest BCUT2D eigenvalue weighted by molar-refractivity contribution is 9.10. The van der Waals surface area contributed by atoms with Crippen LogP contribution in [0.25, 0.3) is 0 Å². The van der Waals surface area contributed by atoms with Crippen molar-refractivity contribution in [2.45, 2.75) is 6.18 Å². The van der Waals surface area contributed by atoms with E-state index in [1.54, 1.807) is 12.1 Å². The van der Waals surface area contributed by atoms with Crippen LogP contribution in [0, 0.1) is 0 Å². The predicted molar refractivity (Wildman–Crippen MR) is 74.0 cm³/mol. The first-order valence-electron chi connectivity index (χ1n) is 5.46. The van der Waals surface area contributed by atoms with Gasteiger partial charge in [-0.05, 0) is 46.3 Å². The normalized spacial score (nSPS) is 11.4. The molecule has 0 aromatic heterocycles. The van der Waals surface area contributed by atoms with Crippen molar-refractivity contribution in [3.05, 3.63) is 68.7 Å². The molecule has 0 N–H and O–H groups in total. The Hall–Kier alpha value is -1.33. The van der Waals surface area contributed by atoms with Crippen molar-refractivity contribution in [1.29, 1.82) is 0 Å². The molecule has 0 saturated heterocycles. The highest BCUT2D eigenvalue weighted by Gasteiger charge is 2.30. The summed E-state index contributed by atoms with van der Waals surface area (Å²) < 4.78 is 37.9. The molecule has 0 spiro atoms. The summed E-state index contributed by atoms with van der Waals surface area (Å²) >= 11 is 9.08. The van der Waals surface area contributed by atoms with Crippen molar-refractivity contribution in [2.75, 3.05) is 0 Å². The first-order valence-corrected chi connectivity index (χ1v) is 6.63. The van der Waals surface area contributed by atoms with Gasteiger partial charge in [0, 0.05) is 15.6 Å². The van der Waals surface area contributed by atoms with Crippen LogP contribution >= 0.6 is 27.5 Å². The lowest BCUT2D eigenvalue weighted by Gasteiger charge is -2.07. The second-order valence-corrected chi connectivity index (χ2v) is 5.29. The Morgan fingerprint density at radius 3 is 2.05 bits per heavy atom. The summed E-state index contributed by atoms with van der Waals surface area (Å²) in [6, 6.07) is 8.70. The van der Waals surface area contributed by atoms with Crippen molar-refractivity contribution in [3.63, 3.8) is 0 Å². The topological polar surface area (TPSA) is 17.1 Å². The molecular weight excluding hydrogens is 357 g/mol. The Bertz CT molecular complexity index is 650. The molecule has 0 fully saturated rings. The van der Waals surface area contributed by atoms with E-state index in [1.807, 2.05) is 0 Å². The van der Waals surface area contributed by atoms with Gasteiger partial charge >= 0.3 is 6.18 Å². The lowest BCUT2D eigenvalue weighted by atomic mass is 10.0. The molecule has 1 nitrogen and oxygen atoms in total. The Morgan fingerprint density at radius 1 is 1.00 bits per heavy atom. The quantitative estimate of drug-likeness (QED) is 0.657. The maximum absolute atomic E-state index is 12.4.